The Balaban J connectivity index is 1.52. The summed E-state index contributed by atoms with van der Waals surface area (Å²) in [5, 5.41) is 5.00. The van der Waals surface area contributed by atoms with Crippen LogP contribution in [0.2, 0.25) is 0 Å². The summed E-state index contributed by atoms with van der Waals surface area (Å²) >= 11 is 0. The highest BCUT2D eigenvalue weighted by Gasteiger charge is 2.21. The monoisotopic (exact) mass is 284 g/mol. The van der Waals surface area contributed by atoms with E-state index >= 15 is 0 Å². The third kappa shape index (κ3) is 2.69. The Kier molecular flexibility index (Phi) is 3.00. The molecule has 1 fully saturated rings. The fourth-order valence-corrected chi connectivity index (χ4v) is 2.28. The van der Waals surface area contributed by atoms with E-state index in [0.717, 1.165) is 23.5 Å². The summed E-state index contributed by atoms with van der Waals surface area (Å²) in [6.45, 7) is 3.19. The van der Waals surface area contributed by atoms with E-state index in [0.29, 0.717) is 24.1 Å². The Morgan fingerprint density at radius 2 is 2.19 bits per heavy atom. The van der Waals surface area contributed by atoms with Gasteiger partial charge in [0, 0.05) is 5.39 Å². The second kappa shape index (κ2) is 5.00. The predicted octanol–water partition coefficient (Wildman–Crippen LogP) is 3.72. The van der Waals surface area contributed by atoms with E-state index in [-0.39, 0.29) is 0 Å². The van der Waals surface area contributed by atoms with Gasteiger partial charge in [0.25, 0.3) is 5.89 Å². The lowest BCUT2D eigenvalue weighted by atomic mass is 10.2. The van der Waals surface area contributed by atoms with E-state index in [2.05, 4.69) is 23.1 Å². The molecule has 5 heteroatoms. The number of aromatic nitrogens is 2. The Morgan fingerprint density at radius 1 is 1.29 bits per heavy atom. The molecule has 2 aromatic heterocycles. The first-order valence-corrected chi connectivity index (χ1v) is 7.19. The van der Waals surface area contributed by atoms with Crippen molar-refractivity contribution in [1.29, 1.82) is 0 Å². The van der Waals surface area contributed by atoms with Gasteiger partial charge in [-0.2, -0.15) is 4.98 Å². The second-order valence-corrected chi connectivity index (χ2v) is 5.62. The third-order valence-corrected chi connectivity index (χ3v) is 3.64. The summed E-state index contributed by atoms with van der Waals surface area (Å²) in [5.74, 6) is 2.30. The number of ether oxygens (including phenoxy) is 1. The lowest BCUT2D eigenvalue weighted by molar-refractivity contribution is 0.0894. The highest BCUT2D eigenvalue weighted by molar-refractivity contribution is 5.82. The van der Waals surface area contributed by atoms with Crippen LogP contribution < -0.4 is 0 Å². The molecule has 4 rings (SSSR count). The standard InChI is InChI=1S/C16H16N2O3/c1-10-2-5-13-12(6-10)7-14(20-13)16-17-15(21-18-16)9-19-8-11-3-4-11/h2,5-7,11H,3-4,8-9H2,1H3. The van der Waals surface area contributed by atoms with Crippen molar-refractivity contribution in [3.8, 4) is 11.6 Å². The smallest absolute Gasteiger partial charge is 0.253 e. The van der Waals surface area contributed by atoms with Gasteiger partial charge in [-0.1, -0.05) is 16.8 Å². The third-order valence-electron chi connectivity index (χ3n) is 3.64. The van der Waals surface area contributed by atoms with E-state index in [1.54, 1.807) is 0 Å². The topological polar surface area (TPSA) is 61.3 Å². The number of furan rings is 1. The average Bonchev–Trinajstić information content (AvgIpc) is 3.00. The molecular formula is C16H16N2O3. The van der Waals surface area contributed by atoms with Crippen molar-refractivity contribution in [2.24, 2.45) is 5.92 Å². The molecule has 1 aromatic carbocycles. The molecule has 0 spiro atoms. The summed E-state index contributed by atoms with van der Waals surface area (Å²) in [6.07, 6.45) is 2.54. The van der Waals surface area contributed by atoms with E-state index in [4.69, 9.17) is 13.7 Å². The maximum Gasteiger partial charge on any atom is 0.253 e. The maximum atomic E-state index is 5.75. The first-order chi connectivity index (χ1) is 10.3. The van der Waals surface area contributed by atoms with Gasteiger partial charge in [-0.3, -0.25) is 0 Å². The fourth-order valence-electron chi connectivity index (χ4n) is 2.28. The Bertz CT molecular complexity index is 771. The van der Waals surface area contributed by atoms with Gasteiger partial charge >= 0.3 is 0 Å². The van der Waals surface area contributed by atoms with Crippen molar-refractivity contribution in [3.05, 3.63) is 35.7 Å². The van der Waals surface area contributed by atoms with Crippen LogP contribution in [-0.4, -0.2) is 16.7 Å². The van der Waals surface area contributed by atoms with E-state index in [1.165, 1.54) is 18.4 Å². The van der Waals surface area contributed by atoms with Crippen LogP contribution >= 0.6 is 0 Å². The minimum absolute atomic E-state index is 0.364. The zero-order chi connectivity index (χ0) is 14.2. The summed E-state index contributed by atoms with van der Waals surface area (Å²) in [4.78, 5) is 4.32. The van der Waals surface area contributed by atoms with E-state index in [9.17, 15) is 0 Å². The average molecular weight is 284 g/mol. The van der Waals surface area contributed by atoms with Crippen molar-refractivity contribution in [1.82, 2.24) is 10.1 Å². The molecule has 1 saturated carbocycles. The molecule has 0 N–H and O–H groups in total. The molecular weight excluding hydrogens is 268 g/mol. The van der Waals surface area contributed by atoms with Crippen LogP contribution in [0.3, 0.4) is 0 Å². The molecule has 108 valence electrons. The Morgan fingerprint density at radius 3 is 3.05 bits per heavy atom. The Labute approximate surface area is 121 Å². The predicted molar refractivity (Wildman–Crippen MR) is 76.6 cm³/mol. The molecule has 0 bridgehead atoms. The van der Waals surface area contributed by atoms with E-state index in [1.807, 2.05) is 18.2 Å². The summed E-state index contributed by atoms with van der Waals surface area (Å²) in [7, 11) is 0. The molecule has 1 aliphatic rings. The molecule has 5 nitrogen and oxygen atoms in total. The van der Waals surface area contributed by atoms with Crippen LogP contribution in [0, 0.1) is 12.8 Å². The van der Waals surface area contributed by atoms with Gasteiger partial charge < -0.3 is 13.7 Å². The summed E-state index contributed by atoms with van der Waals surface area (Å²) in [5.41, 5.74) is 2.02. The van der Waals surface area contributed by atoms with Gasteiger partial charge in [0.2, 0.25) is 5.82 Å². The maximum absolute atomic E-state index is 5.75. The van der Waals surface area contributed by atoms with Crippen LogP contribution in [-0.2, 0) is 11.3 Å². The second-order valence-electron chi connectivity index (χ2n) is 5.62. The van der Waals surface area contributed by atoms with Crippen LogP contribution in [0.1, 0.15) is 24.3 Å². The van der Waals surface area contributed by atoms with Crippen molar-refractivity contribution in [3.63, 3.8) is 0 Å². The fraction of sp³-hybridized carbons (Fsp3) is 0.375. The number of aryl methyl sites for hydroxylation is 1. The molecule has 0 atom stereocenters. The number of rotatable bonds is 5. The lowest BCUT2D eigenvalue weighted by Crippen LogP contribution is -1.96. The SMILES string of the molecule is Cc1ccc2oc(-c3noc(COCC4CC4)n3)cc2c1. The normalized spacial score (nSPS) is 14.9. The van der Waals surface area contributed by atoms with Crippen LogP contribution in [0.25, 0.3) is 22.6 Å². The van der Waals surface area contributed by atoms with Crippen molar-refractivity contribution < 1.29 is 13.7 Å². The Hall–Kier alpha value is -2.14. The molecule has 2 heterocycles. The number of fused-ring (bicyclic) bond motifs is 1. The zero-order valence-electron chi connectivity index (χ0n) is 11.8. The van der Waals surface area contributed by atoms with Crippen molar-refractivity contribution in [2.45, 2.75) is 26.4 Å². The molecule has 0 aliphatic heterocycles. The van der Waals surface area contributed by atoms with Crippen LogP contribution in [0.5, 0.6) is 0 Å². The quantitative estimate of drug-likeness (QED) is 0.714. The van der Waals surface area contributed by atoms with Crippen molar-refractivity contribution in [2.75, 3.05) is 6.61 Å². The van der Waals surface area contributed by atoms with Gasteiger partial charge in [-0.05, 0) is 43.9 Å². The van der Waals surface area contributed by atoms with Crippen molar-refractivity contribution >= 4 is 11.0 Å². The minimum atomic E-state index is 0.364. The molecule has 21 heavy (non-hydrogen) atoms. The molecule has 1 aliphatic carbocycles. The highest BCUT2D eigenvalue weighted by atomic mass is 16.5. The highest BCUT2D eigenvalue weighted by Crippen LogP contribution is 2.29. The van der Waals surface area contributed by atoms with Gasteiger partial charge in [0.05, 0.1) is 6.61 Å². The summed E-state index contributed by atoms with van der Waals surface area (Å²) in [6, 6.07) is 7.97. The van der Waals surface area contributed by atoms with Gasteiger partial charge in [-0.15, -0.1) is 0 Å². The first kappa shape index (κ1) is 12.6. The molecule has 0 saturated heterocycles. The zero-order valence-corrected chi connectivity index (χ0v) is 11.8. The lowest BCUT2D eigenvalue weighted by Gasteiger charge is -1.96. The van der Waals surface area contributed by atoms with Crippen LogP contribution in [0.15, 0.2) is 33.2 Å². The minimum Gasteiger partial charge on any atom is -0.453 e. The largest absolute Gasteiger partial charge is 0.453 e. The number of benzene rings is 1. The van der Waals surface area contributed by atoms with E-state index < -0.39 is 0 Å². The first-order valence-electron chi connectivity index (χ1n) is 7.19. The molecule has 0 unspecified atom stereocenters. The van der Waals surface area contributed by atoms with Gasteiger partial charge in [0.15, 0.2) is 5.76 Å². The number of hydrogen-bond acceptors (Lipinski definition) is 5. The summed E-state index contributed by atoms with van der Waals surface area (Å²) < 4.78 is 16.5. The van der Waals surface area contributed by atoms with Crippen LogP contribution in [0.4, 0.5) is 0 Å². The number of nitrogens with zero attached hydrogens (tertiary/aromatic N) is 2. The molecule has 3 aromatic rings. The molecule has 0 radical (unpaired) electrons. The molecule has 0 amide bonds. The van der Waals surface area contributed by atoms with Gasteiger partial charge in [0.1, 0.15) is 12.2 Å². The van der Waals surface area contributed by atoms with Gasteiger partial charge in [-0.25, -0.2) is 0 Å². The number of hydrogen-bond donors (Lipinski definition) is 0.